The van der Waals surface area contributed by atoms with Crippen LogP contribution in [-0.2, 0) is 0 Å². The first-order chi connectivity index (χ1) is 15.2. The minimum atomic E-state index is -0.211. The molecule has 0 aliphatic rings. The van der Waals surface area contributed by atoms with Gasteiger partial charge in [0.1, 0.15) is 11.3 Å². The van der Waals surface area contributed by atoms with Crippen LogP contribution in [0.1, 0.15) is 16.2 Å². The number of nitrogens with zero attached hydrogens (tertiary/aromatic N) is 6. The van der Waals surface area contributed by atoms with Crippen LogP contribution in [0, 0.1) is 6.92 Å². The molecule has 1 aromatic carbocycles. The molecule has 9 nitrogen and oxygen atoms in total. The lowest BCUT2D eigenvalue weighted by Gasteiger charge is -2.09. The molecule has 0 atom stereocenters. The summed E-state index contributed by atoms with van der Waals surface area (Å²) in [5.41, 5.74) is 3.44. The number of aryl methyl sites for hydroxylation is 1. The number of carbonyl (C=O) groups is 1. The van der Waals surface area contributed by atoms with Crippen LogP contribution in [0.2, 0.25) is 0 Å². The molecule has 0 unspecified atom stereocenters. The van der Waals surface area contributed by atoms with Crippen LogP contribution in [0.25, 0.3) is 11.5 Å². The second-order valence-corrected chi connectivity index (χ2v) is 6.86. The lowest BCUT2D eigenvalue weighted by atomic mass is 10.2. The normalized spacial score (nSPS) is 10.9. The summed E-state index contributed by atoms with van der Waals surface area (Å²) in [4.78, 5) is 17.2. The van der Waals surface area contributed by atoms with E-state index >= 15 is 0 Å². The highest BCUT2D eigenvalue weighted by molar-refractivity contribution is 6.04. The standard InChI is InChI=1S/C22H18N8O/c1-15-21(29-13-3-2-5-19(29)24-15)22(31)26-17-8-6-16(7-9-17)25-18-10-11-20(28-27-18)30-14-4-12-23-30/h2-14H,1H3,(H,25,27)(H,26,31). The van der Waals surface area contributed by atoms with Crippen LogP contribution in [0.4, 0.5) is 17.2 Å². The van der Waals surface area contributed by atoms with Crippen molar-refractivity contribution >= 4 is 28.7 Å². The third kappa shape index (κ3) is 3.71. The summed E-state index contributed by atoms with van der Waals surface area (Å²) < 4.78 is 3.42. The van der Waals surface area contributed by atoms with Crippen LogP contribution in [-0.4, -0.2) is 35.3 Å². The molecule has 4 heterocycles. The maximum atomic E-state index is 12.8. The van der Waals surface area contributed by atoms with Gasteiger partial charge in [-0.25, -0.2) is 9.67 Å². The number of nitrogens with one attached hydrogen (secondary N) is 2. The molecule has 9 heteroatoms. The second-order valence-electron chi connectivity index (χ2n) is 6.86. The van der Waals surface area contributed by atoms with Gasteiger partial charge >= 0.3 is 0 Å². The topological polar surface area (TPSA) is 102 Å². The van der Waals surface area contributed by atoms with Crippen molar-refractivity contribution < 1.29 is 4.79 Å². The van der Waals surface area contributed by atoms with Gasteiger partial charge in [-0.3, -0.25) is 9.20 Å². The van der Waals surface area contributed by atoms with Crippen molar-refractivity contribution in [2.75, 3.05) is 10.6 Å². The summed E-state index contributed by atoms with van der Waals surface area (Å²) in [6, 6.07) is 18.5. The molecule has 2 N–H and O–H groups in total. The first-order valence-electron chi connectivity index (χ1n) is 9.63. The first kappa shape index (κ1) is 18.5. The predicted octanol–water partition coefficient (Wildman–Crippen LogP) is 3.61. The van der Waals surface area contributed by atoms with E-state index < -0.39 is 0 Å². The van der Waals surface area contributed by atoms with Crippen molar-refractivity contribution in [1.29, 1.82) is 0 Å². The molecule has 1 amide bonds. The molecule has 0 saturated heterocycles. The Bertz CT molecular complexity index is 1340. The summed E-state index contributed by atoms with van der Waals surface area (Å²) in [5, 5.41) is 18.6. The molecule has 152 valence electrons. The Balaban J connectivity index is 1.28. The number of imidazole rings is 1. The van der Waals surface area contributed by atoms with Gasteiger partial charge < -0.3 is 10.6 Å². The Morgan fingerprint density at radius 2 is 1.74 bits per heavy atom. The largest absolute Gasteiger partial charge is 0.339 e. The lowest BCUT2D eigenvalue weighted by molar-refractivity contribution is 0.102. The summed E-state index contributed by atoms with van der Waals surface area (Å²) >= 11 is 0. The third-order valence-electron chi connectivity index (χ3n) is 4.72. The number of benzene rings is 1. The van der Waals surface area contributed by atoms with Crippen LogP contribution < -0.4 is 10.6 Å². The van der Waals surface area contributed by atoms with Crippen molar-refractivity contribution in [3.05, 3.63) is 90.6 Å². The van der Waals surface area contributed by atoms with Crippen molar-refractivity contribution in [3.8, 4) is 5.82 Å². The minimum Gasteiger partial charge on any atom is -0.339 e. The van der Waals surface area contributed by atoms with E-state index in [9.17, 15) is 4.79 Å². The van der Waals surface area contributed by atoms with Gasteiger partial charge in [0.05, 0.1) is 5.69 Å². The average molecular weight is 410 g/mol. The van der Waals surface area contributed by atoms with E-state index in [2.05, 4.69) is 30.9 Å². The Hall–Kier alpha value is -4.53. The molecule has 0 bridgehead atoms. The molecule has 0 radical (unpaired) electrons. The summed E-state index contributed by atoms with van der Waals surface area (Å²) in [7, 11) is 0. The van der Waals surface area contributed by atoms with Crippen molar-refractivity contribution in [2.24, 2.45) is 0 Å². The lowest BCUT2D eigenvalue weighted by Crippen LogP contribution is -2.15. The quantitative estimate of drug-likeness (QED) is 0.459. The fourth-order valence-electron chi connectivity index (χ4n) is 3.28. The number of fused-ring (bicyclic) bond motifs is 1. The van der Waals surface area contributed by atoms with E-state index in [1.165, 1.54) is 0 Å². The maximum Gasteiger partial charge on any atom is 0.274 e. The Kier molecular flexibility index (Phi) is 4.60. The van der Waals surface area contributed by atoms with Crippen molar-refractivity contribution in [2.45, 2.75) is 6.92 Å². The number of hydrogen-bond donors (Lipinski definition) is 2. The molecular weight excluding hydrogens is 392 g/mol. The van der Waals surface area contributed by atoms with Gasteiger partial charge in [-0.1, -0.05) is 6.07 Å². The van der Waals surface area contributed by atoms with Crippen LogP contribution in [0.15, 0.2) is 79.3 Å². The zero-order valence-corrected chi connectivity index (χ0v) is 16.6. The van der Waals surface area contributed by atoms with Gasteiger partial charge in [0, 0.05) is 30.0 Å². The SMILES string of the molecule is Cc1nc2ccccn2c1C(=O)Nc1ccc(Nc2ccc(-n3cccn3)nn2)cc1. The van der Waals surface area contributed by atoms with Crippen LogP contribution in [0.3, 0.4) is 0 Å². The smallest absolute Gasteiger partial charge is 0.274 e. The number of carbonyl (C=O) groups excluding carboxylic acids is 1. The molecule has 4 aromatic heterocycles. The van der Waals surface area contributed by atoms with E-state index in [1.54, 1.807) is 21.5 Å². The Labute approximate surface area is 177 Å². The van der Waals surface area contributed by atoms with E-state index in [-0.39, 0.29) is 5.91 Å². The number of rotatable bonds is 5. The van der Waals surface area contributed by atoms with Gasteiger partial charge in [-0.2, -0.15) is 5.10 Å². The summed E-state index contributed by atoms with van der Waals surface area (Å²) in [5.74, 6) is 1.03. The number of hydrogen-bond acceptors (Lipinski definition) is 6. The van der Waals surface area contributed by atoms with Crippen molar-refractivity contribution in [3.63, 3.8) is 0 Å². The molecular formula is C22H18N8O. The molecule has 0 aliphatic heterocycles. The second kappa shape index (κ2) is 7.71. The molecule has 5 rings (SSSR count). The number of anilines is 3. The van der Waals surface area contributed by atoms with E-state index in [0.717, 1.165) is 11.3 Å². The Morgan fingerprint density at radius 3 is 2.48 bits per heavy atom. The average Bonchev–Trinajstić information content (AvgIpc) is 3.43. The molecule has 0 aliphatic carbocycles. The molecule has 5 aromatic rings. The maximum absolute atomic E-state index is 12.8. The van der Waals surface area contributed by atoms with Crippen LogP contribution >= 0.6 is 0 Å². The van der Waals surface area contributed by atoms with Crippen LogP contribution in [0.5, 0.6) is 0 Å². The summed E-state index contributed by atoms with van der Waals surface area (Å²) in [6.07, 6.45) is 5.32. The zero-order valence-electron chi connectivity index (χ0n) is 16.6. The van der Waals surface area contributed by atoms with Gasteiger partial charge in [-0.15, -0.1) is 10.2 Å². The predicted molar refractivity (Wildman–Crippen MR) is 117 cm³/mol. The fraction of sp³-hybridized carbons (Fsp3) is 0.0455. The van der Waals surface area contributed by atoms with Gasteiger partial charge in [0.25, 0.3) is 5.91 Å². The monoisotopic (exact) mass is 410 g/mol. The van der Waals surface area contributed by atoms with E-state index in [0.29, 0.717) is 28.7 Å². The molecule has 0 saturated carbocycles. The number of aromatic nitrogens is 6. The number of amides is 1. The first-order valence-corrected chi connectivity index (χ1v) is 9.63. The fourth-order valence-corrected chi connectivity index (χ4v) is 3.28. The molecule has 0 fully saturated rings. The summed E-state index contributed by atoms with van der Waals surface area (Å²) in [6.45, 7) is 1.83. The van der Waals surface area contributed by atoms with Gasteiger partial charge in [0.2, 0.25) is 0 Å². The van der Waals surface area contributed by atoms with Crippen molar-refractivity contribution in [1.82, 2.24) is 29.4 Å². The molecule has 31 heavy (non-hydrogen) atoms. The van der Waals surface area contributed by atoms with E-state index in [1.807, 2.05) is 73.8 Å². The van der Waals surface area contributed by atoms with Gasteiger partial charge in [0.15, 0.2) is 11.6 Å². The minimum absolute atomic E-state index is 0.211. The molecule has 0 spiro atoms. The zero-order chi connectivity index (χ0) is 21.2. The highest BCUT2D eigenvalue weighted by Gasteiger charge is 2.16. The van der Waals surface area contributed by atoms with E-state index in [4.69, 9.17) is 0 Å². The Morgan fingerprint density at radius 1 is 0.903 bits per heavy atom. The van der Waals surface area contributed by atoms with Gasteiger partial charge in [-0.05, 0) is 61.5 Å². The highest BCUT2D eigenvalue weighted by atomic mass is 16.2. The highest BCUT2D eigenvalue weighted by Crippen LogP contribution is 2.19. The third-order valence-corrected chi connectivity index (χ3v) is 4.72. The number of pyridine rings is 1.